The highest BCUT2D eigenvalue weighted by Gasteiger charge is 2.42. The van der Waals surface area contributed by atoms with Gasteiger partial charge in [-0.3, -0.25) is 4.79 Å². The van der Waals surface area contributed by atoms with E-state index in [-0.39, 0.29) is 30.0 Å². The zero-order valence-electron chi connectivity index (χ0n) is 11.7. The van der Waals surface area contributed by atoms with Gasteiger partial charge in [0, 0.05) is 0 Å². The third-order valence-electron chi connectivity index (χ3n) is 3.54. The SMILES string of the molecule is CCOC(=O)C(C)NC(=O)C1C(C)OC(C)C1C. The van der Waals surface area contributed by atoms with E-state index >= 15 is 0 Å². The molecule has 5 nitrogen and oxygen atoms in total. The Bertz CT molecular complexity index is 318. The van der Waals surface area contributed by atoms with Gasteiger partial charge >= 0.3 is 5.97 Å². The van der Waals surface area contributed by atoms with Crippen molar-refractivity contribution in [1.29, 1.82) is 0 Å². The molecule has 5 atom stereocenters. The zero-order chi connectivity index (χ0) is 13.9. The smallest absolute Gasteiger partial charge is 0.328 e. The summed E-state index contributed by atoms with van der Waals surface area (Å²) in [4.78, 5) is 23.6. The second-order valence-corrected chi connectivity index (χ2v) is 4.91. The number of hydrogen-bond donors (Lipinski definition) is 1. The summed E-state index contributed by atoms with van der Waals surface area (Å²) in [6, 6.07) is -0.618. The molecule has 1 fully saturated rings. The van der Waals surface area contributed by atoms with Crippen LogP contribution in [-0.2, 0) is 19.1 Å². The molecule has 0 aromatic heterocycles. The van der Waals surface area contributed by atoms with Gasteiger partial charge in [-0.25, -0.2) is 4.79 Å². The van der Waals surface area contributed by atoms with E-state index in [1.807, 2.05) is 20.8 Å². The summed E-state index contributed by atoms with van der Waals surface area (Å²) in [7, 11) is 0. The number of carbonyl (C=O) groups is 2. The summed E-state index contributed by atoms with van der Waals surface area (Å²) in [6.07, 6.45) is -0.0574. The molecule has 0 bridgehead atoms. The van der Waals surface area contributed by atoms with Crippen LogP contribution in [0, 0.1) is 11.8 Å². The topological polar surface area (TPSA) is 64.6 Å². The summed E-state index contributed by atoms with van der Waals surface area (Å²) in [5, 5.41) is 2.69. The van der Waals surface area contributed by atoms with E-state index in [0.717, 1.165) is 0 Å². The minimum atomic E-state index is -0.618. The van der Waals surface area contributed by atoms with Gasteiger partial charge in [0.15, 0.2) is 0 Å². The lowest BCUT2D eigenvalue weighted by Crippen LogP contribution is -2.45. The average molecular weight is 257 g/mol. The van der Waals surface area contributed by atoms with Crippen molar-refractivity contribution in [2.75, 3.05) is 6.61 Å². The van der Waals surface area contributed by atoms with Gasteiger partial charge < -0.3 is 14.8 Å². The molecule has 1 N–H and O–H groups in total. The molecular weight excluding hydrogens is 234 g/mol. The fourth-order valence-electron chi connectivity index (χ4n) is 2.35. The van der Waals surface area contributed by atoms with Crippen molar-refractivity contribution in [2.24, 2.45) is 11.8 Å². The Morgan fingerprint density at radius 1 is 1.28 bits per heavy atom. The van der Waals surface area contributed by atoms with Gasteiger partial charge in [0.05, 0.1) is 24.7 Å². The largest absolute Gasteiger partial charge is 0.464 e. The standard InChI is InChI=1S/C13H23NO4/c1-6-17-13(16)8(3)14-12(15)11-7(2)9(4)18-10(11)5/h7-11H,6H2,1-5H3,(H,14,15). The Hall–Kier alpha value is -1.10. The summed E-state index contributed by atoms with van der Waals surface area (Å²) in [5.74, 6) is -0.607. The molecule has 0 aliphatic carbocycles. The normalized spacial score (nSPS) is 32.9. The first-order chi connectivity index (χ1) is 8.38. The molecule has 0 aromatic rings. The predicted molar refractivity (Wildman–Crippen MR) is 66.9 cm³/mol. The monoisotopic (exact) mass is 257 g/mol. The minimum absolute atomic E-state index is 0.0636. The van der Waals surface area contributed by atoms with Crippen molar-refractivity contribution in [3.63, 3.8) is 0 Å². The predicted octanol–water partition coefficient (Wildman–Crippen LogP) is 1.11. The lowest BCUT2D eigenvalue weighted by Gasteiger charge is -2.20. The van der Waals surface area contributed by atoms with E-state index in [4.69, 9.17) is 9.47 Å². The lowest BCUT2D eigenvalue weighted by atomic mass is 9.88. The Morgan fingerprint density at radius 2 is 1.89 bits per heavy atom. The highest BCUT2D eigenvalue weighted by atomic mass is 16.5. The molecule has 0 aromatic carbocycles. The fraction of sp³-hybridized carbons (Fsp3) is 0.846. The van der Waals surface area contributed by atoms with Crippen molar-refractivity contribution in [3.8, 4) is 0 Å². The van der Waals surface area contributed by atoms with Gasteiger partial charge in [-0.15, -0.1) is 0 Å². The fourth-order valence-corrected chi connectivity index (χ4v) is 2.35. The van der Waals surface area contributed by atoms with Crippen LogP contribution in [0.2, 0.25) is 0 Å². The van der Waals surface area contributed by atoms with E-state index in [9.17, 15) is 9.59 Å². The molecule has 1 rings (SSSR count). The molecule has 5 heteroatoms. The number of esters is 1. The number of hydrogen-bond acceptors (Lipinski definition) is 4. The molecule has 1 aliphatic heterocycles. The first-order valence-corrected chi connectivity index (χ1v) is 6.50. The van der Waals surface area contributed by atoms with Crippen LogP contribution < -0.4 is 5.32 Å². The van der Waals surface area contributed by atoms with Gasteiger partial charge in [-0.1, -0.05) is 6.92 Å². The second-order valence-electron chi connectivity index (χ2n) is 4.91. The molecule has 0 spiro atoms. The van der Waals surface area contributed by atoms with Gasteiger partial charge in [-0.05, 0) is 33.6 Å². The summed E-state index contributed by atoms with van der Waals surface area (Å²) >= 11 is 0. The molecule has 104 valence electrons. The maximum Gasteiger partial charge on any atom is 0.328 e. The van der Waals surface area contributed by atoms with E-state index in [1.54, 1.807) is 13.8 Å². The van der Waals surface area contributed by atoms with E-state index < -0.39 is 12.0 Å². The van der Waals surface area contributed by atoms with E-state index in [2.05, 4.69) is 5.32 Å². The van der Waals surface area contributed by atoms with Crippen LogP contribution in [0.1, 0.15) is 34.6 Å². The number of amides is 1. The third-order valence-corrected chi connectivity index (χ3v) is 3.54. The first-order valence-electron chi connectivity index (χ1n) is 6.50. The third kappa shape index (κ3) is 3.22. The van der Waals surface area contributed by atoms with Crippen molar-refractivity contribution < 1.29 is 19.1 Å². The summed E-state index contributed by atoms with van der Waals surface area (Å²) in [6.45, 7) is 9.53. The average Bonchev–Trinajstić information content (AvgIpc) is 2.53. The van der Waals surface area contributed by atoms with Crippen LogP contribution in [0.5, 0.6) is 0 Å². The maximum atomic E-state index is 12.1. The second kappa shape index (κ2) is 6.18. The molecular formula is C13H23NO4. The molecule has 18 heavy (non-hydrogen) atoms. The van der Waals surface area contributed by atoms with Crippen molar-refractivity contribution in [2.45, 2.75) is 52.9 Å². The number of rotatable bonds is 4. The molecule has 0 saturated carbocycles. The number of nitrogens with one attached hydrogen (secondary N) is 1. The van der Waals surface area contributed by atoms with Crippen LogP contribution >= 0.6 is 0 Å². The summed E-state index contributed by atoms with van der Waals surface area (Å²) in [5.41, 5.74) is 0. The minimum Gasteiger partial charge on any atom is -0.464 e. The summed E-state index contributed by atoms with van der Waals surface area (Å²) < 4.78 is 10.5. The van der Waals surface area contributed by atoms with Gasteiger partial charge in [-0.2, -0.15) is 0 Å². The Balaban J connectivity index is 2.57. The molecule has 1 saturated heterocycles. The van der Waals surface area contributed by atoms with Crippen LogP contribution in [0.15, 0.2) is 0 Å². The number of carbonyl (C=O) groups excluding carboxylic acids is 2. The van der Waals surface area contributed by atoms with Crippen molar-refractivity contribution in [1.82, 2.24) is 5.32 Å². The molecule has 1 heterocycles. The van der Waals surface area contributed by atoms with Crippen LogP contribution in [-0.4, -0.2) is 36.7 Å². The van der Waals surface area contributed by atoms with Crippen molar-refractivity contribution >= 4 is 11.9 Å². The van der Waals surface area contributed by atoms with Gasteiger partial charge in [0.2, 0.25) is 5.91 Å². The molecule has 1 amide bonds. The van der Waals surface area contributed by atoms with E-state index in [1.165, 1.54) is 0 Å². The Morgan fingerprint density at radius 3 is 2.33 bits per heavy atom. The van der Waals surface area contributed by atoms with Gasteiger partial charge in [0.25, 0.3) is 0 Å². The quantitative estimate of drug-likeness (QED) is 0.766. The first kappa shape index (κ1) is 15.0. The molecule has 1 aliphatic rings. The maximum absolute atomic E-state index is 12.1. The number of ether oxygens (including phenoxy) is 2. The van der Waals surface area contributed by atoms with E-state index in [0.29, 0.717) is 6.61 Å². The van der Waals surface area contributed by atoms with Crippen molar-refractivity contribution in [3.05, 3.63) is 0 Å². The Kier molecular flexibility index (Phi) is 5.14. The molecule has 0 radical (unpaired) electrons. The Labute approximate surface area is 108 Å². The van der Waals surface area contributed by atoms with Crippen LogP contribution in [0.4, 0.5) is 0 Å². The highest BCUT2D eigenvalue weighted by Crippen LogP contribution is 2.32. The highest BCUT2D eigenvalue weighted by molar-refractivity contribution is 5.86. The van der Waals surface area contributed by atoms with Crippen LogP contribution in [0.3, 0.4) is 0 Å². The molecule has 5 unspecified atom stereocenters. The lowest BCUT2D eigenvalue weighted by molar-refractivity contribution is -0.147. The zero-order valence-corrected chi connectivity index (χ0v) is 11.7. The van der Waals surface area contributed by atoms with Crippen LogP contribution in [0.25, 0.3) is 0 Å². The van der Waals surface area contributed by atoms with Gasteiger partial charge in [0.1, 0.15) is 6.04 Å².